The van der Waals surface area contributed by atoms with Crippen molar-refractivity contribution in [1.29, 1.82) is 0 Å². The number of amidine groups is 1. The van der Waals surface area contributed by atoms with Crippen molar-refractivity contribution in [3.8, 4) is 5.69 Å². The first-order valence-corrected chi connectivity index (χ1v) is 14.3. The molecule has 2 saturated carbocycles. The van der Waals surface area contributed by atoms with Gasteiger partial charge in [-0.15, -0.1) is 0 Å². The highest BCUT2D eigenvalue weighted by molar-refractivity contribution is 8.18. The molecule has 0 unspecified atom stereocenters. The Hall–Kier alpha value is -2.27. The monoisotopic (exact) mass is 489 g/mol. The second kappa shape index (κ2) is 10.4. The van der Waals surface area contributed by atoms with Gasteiger partial charge < -0.3 is 4.57 Å². The average molecular weight is 490 g/mol. The molecule has 0 bridgehead atoms. The van der Waals surface area contributed by atoms with Gasteiger partial charge in [-0.2, -0.15) is 0 Å². The summed E-state index contributed by atoms with van der Waals surface area (Å²) < 4.78 is 2.31. The molecule has 1 aromatic carbocycles. The number of aryl methyl sites for hydroxylation is 3. The van der Waals surface area contributed by atoms with Crippen molar-refractivity contribution < 1.29 is 4.79 Å². The van der Waals surface area contributed by atoms with Gasteiger partial charge in [0.1, 0.15) is 0 Å². The Kier molecular flexibility index (Phi) is 7.24. The molecule has 186 valence electrons. The van der Waals surface area contributed by atoms with E-state index in [2.05, 4.69) is 67.5 Å². The highest BCUT2D eigenvalue weighted by atomic mass is 32.2. The number of thioether (sulfide) groups is 1. The predicted molar refractivity (Wildman–Crippen MR) is 148 cm³/mol. The largest absolute Gasteiger partial charge is 0.318 e. The quantitative estimate of drug-likeness (QED) is 0.414. The Morgan fingerprint density at radius 2 is 1.49 bits per heavy atom. The number of hydrogen-bond donors (Lipinski definition) is 0. The first kappa shape index (κ1) is 24.4. The number of carbonyl (C=O) groups excluding carboxylic acids is 1. The molecule has 1 amide bonds. The van der Waals surface area contributed by atoms with Crippen LogP contribution in [0.2, 0.25) is 0 Å². The topological polar surface area (TPSA) is 37.6 Å². The zero-order valence-electron chi connectivity index (χ0n) is 21.8. The molecule has 0 atom stereocenters. The van der Waals surface area contributed by atoms with Gasteiger partial charge >= 0.3 is 0 Å². The average Bonchev–Trinajstić information content (AvgIpc) is 3.29. The zero-order chi connectivity index (χ0) is 24.5. The lowest BCUT2D eigenvalue weighted by Gasteiger charge is -2.31. The summed E-state index contributed by atoms with van der Waals surface area (Å²) in [7, 11) is 0. The van der Waals surface area contributed by atoms with Gasteiger partial charge in [-0.1, -0.05) is 44.6 Å². The Morgan fingerprint density at radius 3 is 2.14 bits per heavy atom. The molecule has 0 radical (unpaired) electrons. The van der Waals surface area contributed by atoms with Crippen molar-refractivity contribution in [2.24, 2.45) is 4.99 Å². The van der Waals surface area contributed by atoms with Crippen LogP contribution in [-0.4, -0.2) is 32.6 Å². The minimum absolute atomic E-state index is 0.160. The number of rotatable bonds is 4. The van der Waals surface area contributed by atoms with Crippen LogP contribution in [0.1, 0.15) is 92.3 Å². The lowest BCUT2D eigenvalue weighted by molar-refractivity contribution is -0.124. The van der Waals surface area contributed by atoms with Gasteiger partial charge in [0.15, 0.2) is 5.17 Å². The molecule has 1 aliphatic heterocycles. The van der Waals surface area contributed by atoms with Crippen LogP contribution < -0.4 is 0 Å². The van der Waals surface area contributed by atoms with Crippen LogP contribution in [-0.2, 0) is 4.79 Å². The SMILES string of the molecule is Cc1cc(C)cc(-n2c(C)cc(C=C3SC(=NC4CCCCC4)N(C4CCCCC4)C3=O)c2C)c1. The predicted octanol–water partition coefficient (Wildman–Crippen LogP) is 7.65. The van der Waals surface area contributed by atoms with Crippen molar-refractivity contribution >= 4 is 28.9 Å². The van der Waals surface area contributed by atoms with Crippen molar-refractivity contribution in [2.75, 3.05) is 0 Å². The van der Waals surface area contributed by atoms with E-state index in [0.29, 0.717) is 12.1 Å². The summed E-state index contributed by atoms with van der Waals surface area (Å²) >= 11 is 1.61. The lowest BCUT2D eigenvalue weighted by Crippen LogP contribution is -2.41. The summed E-state index contributed by atoms with van der Waals surface area (Å²) in [5.74, 6) is 0.160. The van der Waals surface area contributed by atoms with E-state index in [-0.39, 0.29) is 5.91 Å². The van der Waals surface area contributed by atoms with Crippen LogP contribution in [0.3, 0.4) is 0 Å². The van der Waals surface area contributed by atoms with Crippen LogP contribution in [0.5, 0.6) is 0 Å². The summed E-state index contributed by atoms with van der Waals surface area (Å²) in [6, 6.07) is 9.58. The van der Waals surface area contributed by atoms with E-state index >= 15 is 0 Å². The van der Waals surface area contributed by atoms with Crippen LogP contribution in [0.15, 0.2) is 34.2 Å². The van der Waals surface area contributed by atoms with E-state index in [1.165, 1.54) is 66.7 Å². The minimum atomic E-state index is 0.160. The Labute approximate surface area is 214 Å². The first-order chi connectivity index (χ1) is 16.9. The second-order valence-corrected chi connectivity index (χ2v) is 11.8. The van der Waals surface area contributed by atoms with E-state index in [1.54, 1.807) is 11.8 Å². The fraction of sp³-hybridized carbons (Fsp3) is 0.533. The molecule has 3 aliphatic rings. The normalized spacial score (nSPS) is 22.6. The molecule has 1 aromatic heterocycles. The first-order valence-electron chi connectivity index (χ1n) is 13.5. The van der Waals surface area contributed by atoms with Gasteiger partial charge in [-0.3, -0.25) is 14.7 Å². The molecule has 2 aromatic rings. The number of aromatic nitrogens is 1. The molecule has 0 spiro atoms. The molecule has 1 saturated heterocycles. The highest BCUT2D eigenvalue weighted by Crippen LogP contribution is 2.39. The molecular formula is C30H39N3OS. The number of carbonyl (C=O) groups is 1. The van der Waals surface area contributed by atoms with Gasteiger partial charge in [0.25, 0.3) is 5.91 Å². The summed E-state index contributed by atoms with van der Waals surface area (Å²) in [4.78, 5) is 21.9. The molecule has 0 N–H and O–H groups in total. The minimum Gasteiger partial charge on any atom is -0.318 e. The summed E-state index contributed by atoms with van der Waals surface area (Å²) in [5.41, 5.74) is 7.21. The van der Waals surface area contributed by atoms with Gasteiger partial charge in [0.2, 0.25) is 0 Å². The van der Waals surface area contributed by atoms with E-state index in [9.17, 15) is 4.79 Å². The molecule has 35 heavy (non-hydrogen) atoms. The Balaban J connectivity index is 1.49. The fourth-order valence-corrected chi connectivity index (χ4v) is 7.26. The van der Waals surface area contributed by atoms with Gasteiger partial charge in [0.05, 0.1) is 10.9 Å². The third kappa shape index (κ3) is 5.16. The van der Waals surface area contributed by atoms with E-state index in [4.69, 9.17) is 4.99 Å². The Bertz CT molecular complexity index is 1140. The van der Waals surface area contributed by atoms with E-state index in [1.807, 2.05) is 0 Å². The lowest BCUT2D eigenvalue weighted by atomic mass is 9.94. The summed E-state index contributed by atoms with van der Waals surface area (Å²) in [6.45, 7) is 8.61. The van der Waals surface area contributed by atoms with E-state index in [0.717, 1.165) is 41.3 Å². The van der Waals surface area contributed by atoms with Gasteiger partial charge in [-0.25, -0.2) is 0 Å². The smallest absolute Gasteiger partial charge is 0.267 e. The maximum Gasteiger partial charge on any atom is 0.267 e. The van der Waals surface area contributed by atoms with Gasteiger partial charge in [-0.05, 0) is 106 Å². The fourth-order valence-electron chi connectivity index (χ4n) is 6.16. The Morgan fingerprint density at radius 1 is 0.857 bits per heavy atom. The maximum atomic E-state index is 13.8. The second-order valence-electron chi connectivity index (χ2n) is 10.8. The van der Waals surface area contributed by atoms with Gasteiger partial charge in [0, 0.05) is 23.1 Å². The number of nitrogens with zero attached hydrogens (tertiary/aromatic N) is 3. The highest BCUT2D eigenvalue weighted by Gasteiger charge is 2.39. The molecular weight excluding hydrogens is 450 g/mol. The maximum absolute atomic E-state index is 13.8. The van der Waals surface area contributed by atoms with Crippen LogP contribution in [0.4, 0.5) is 0 Å². The number of benzene rings is 1. The number of amides is 1. The summed E-state index contributed by atoms with van der Waals surface area (Å²) in [5, 5.41) is 0.961. The molecule has 5 heteroatoms. The van der Waals surface area contributed by atoms with E-state index < -0.39 is 0 Å². The zero-order valence-corrected chi connectivity index (χ0v) is 22.6. The number of aliphatic imine (C=N–C) groups is 1. The van der Waals surface area contributed by atoms with Crippen LogP contribution >= 0.6 is 11.8 Å². The van der Waals surface area contributed by atoms with Crippen LogP contribution in [0, 0.1) is 27.7 Å². The third-order valence-electron chi connectivity index (χ3n) is 7.87. The third-order valence-corrected chi connectivity index (χ3v) is 8.86. The molecule has 2 heterocycles. The molecule has 2 aliphatic carbocycles. The van der Waals surface area contributed by atoms with Crippen LogP contribution in [0.25, 0.3) is 11.8 Å². The standard InChI is InChI=1S/C30H39N3OS/c1-20-15-21(2)17-27(16-20)32-22(3)18-24(23(32)4)19-28-29(34)33(26-13-9-6-10-14-26)30(35-28)31-25-11-7-5-8-12-25/h15-19,25-26H,5-14H2,1-4H3. The van der Waals surface area contributed by atoms with Crippen molar-refractivity contribution in [3.05, 3.63) is 57.2 Å². The molecule has 3 fully saturated rings. The van der Waals surface area contributed by atoms with Crippen molar-refractivity contribution in [2.45, 2.75) is 104 Å². The molecule has 5 rings (SSSR count). The number of hydrogen-bond acceptors (Lipinski definition) is 3. The van der Waals surface area contributed by atoms with Crippen molar-refractivity contribution in [3.63, 3.8) is 0 Å². The summed E-state index contributed by atoms with van der Waals surface area (Å²) in [6.07, 6.45) is 14.2. The molecule has 4 nitrogen and oxygen atoms in total. The van der Waals surface area contributed by atoms with Crippen molar-refractivity contribution in [1.82, 2.24) is 9.47 Å².